The van der Waals surface area contributed by atoms with Gasteiger partial charge in [-0.3, -0.25) is 4.79 Å². The van der Waals surface area contributed by atoms with Crippen molar-refractivity contribution in [2.24, 2.45) is 5.92 Å². The Kier molecular flexibility index (Phi) is 6.45. The van der Waals surface area contributed by atoms with Gasteiger partial charge in [0.2, 0.25) is 15.9 Å². The second kappa shape index (κ2) is 8.69. The smallest absolute Gasteiger partial charge is 0.243 e. The molecule has 8 heteroatoms. The van der Waals surface area contributed by atoms with Crippen LogP contribution in [0.1, 0.15) is 41.4 Å². The number of hydrogen-bond donors (Lipinski definition) is 2. The van der Waals surface area contributed by atoms with Crippen molar-refractivity contribution in [2.75, 3.05) is 19.6 Å². The number of amides is 1. The van der Waals surface area contributed by atoms with Crippen LogP contribution in [0, 0.1) is 26.7 Å². The maximum atomic E-state index is 13.1. The molecule has 1 fully saturated rings. The monoisotopic (exact) mass is 420 g/mol. The quantitative estimate of drug-likeness (QED) is 0.748. The van der Waals surface area contributed by atoms with E-state index in [1.807, 2.05) is 32.9 Å². The lowest BCUT2D eigenvalue weighted by atomic mass is 9.97. The summed E-state index contributed by atoms with van der Waals surface area (Å²) in [6.07, 6.45) is 1.47. The van der Waals surface area contributed by atoms with Crippen LogP contribution in [0.5, 0.6) is 0 Å². The average molecular weight is 421 g/mol. The van der Waals surface area contributed by atoms with Crippen LogP contribution in [-0.4, -0.2) is 43.4 Å². The van der Waals surface area contributed by atoms with E-state index < -0.39 is 16.1 Å². The first kappa shape index (κ1) is 21.5. The summed E-state index contributed by atoms with van der Waals surface area (Å²) in [6.45, 7) is 6.24. The number of benzene rings is 1. The highest BCUT2D eigenvalue weighted by molar-refractivity contribution is 7.89. The highest BCUT2D eigenvalue weighted by Crippen LogP contribution is 2.29. The number of aryl methyl sites for hydroxylation is 3. The number of furan rings is 1. The topological polar surface area (TPSA) is 99.9 Å². The van der Waals surface area contributed by atoms with Crippen molar-refractivity contribution >= 4 is 15.9 Å². The van der Waals surface area contributed by atoms with Crippen LogP contribution in [0.15, 0.2) is 39.8 Å². The van der Waals surface area contributed by atoms with Crippen LogP contribution in [0.2, 0.25) is 0 Å². The van der Waals surface area contributed by atoms with Gasteiger partial charge < -0.3 is 14.8 Å². The first-order valence-corrected chi connectivity index (χ1v) is 11.2. The Balaban J connectivity index is 1.59. The van der Waals surface area contributed by atoms with E-state index in [2.05, 4.69) is 5.32 Å². The second-order valence-electron chi connectivity index (χ2n) is 7.68. The van der Waals surface area contributed by atoms with Crippen LogP contribution >= 0.6 is 0 Å². The third-order valence-electron chi connectivity index (χ3n) is 5.37. The van der Waals surface area contributed by atoms with Crippen molar-refractivity contribution in [1.29, 1.82) is 0 Å². The van der Waals surface area contributed by atoms with E-state index in [4.69, 9.17) is 4.42 Å². The molecule has 1 atom stereocenters. The normalized spacial score (nSPS) is 17.2. The molecule has 2 aromatic rings. The molecule has 3 rings (SSSR count). The number of rotatable bonds is 6. The zero-order valence-corrected chi connectivity index (χ0v) is 17.8. The number of carbonyl (C=O) groups is 1. The van der Waals surface area contributed by atoms with Crippen LogP contribution < -0.4 is 5.32 Å². The molecule has 1 aromatic carbocycles. The van der Waals surface area contributed by atoms with Crippen molar-refractivity contribution in [1.82, 2.24) is 9.62 Å². The van der Waals surface area contributed by atoms with Crippen molar-refractivity contribution < 1.29 is 22.7 Å². The molecular weight excluding hydrogens is 392 g/mol. The molecular formula is C21H28N2O5S. The minimum atomic E-state index is -3.60. The summed E-state index contributed by atoms with van der Waals surface area (Å²) in [5.41, 5.74) is 2.52. The minimum Gasteiger partial charge on any atom is -0.467 e. The molecule has 0 saturated carbocycles. The molecule has 29 heavy (non-hydrogen) atoms. The third kappa shape index (κ3) is 4.71. The number of nitrogens with one attached hydrogen (secondary N) is 1. The average Bonchev–Trinajstić information content (AvgIpc) is 3.19. The van der Waals surface area contributed by atoms with Crippen LogP contribution in [0.25, 0.3) is 0 Å². The molecule has 1 aliphatic rings. The maximum absolute atomic E-state index is 13.1. The predicted molar refractivity (Wildman–Crippen MR) is 109 cm³/mol. The lowest BCUT2D eigenvalue weighted by Crippen LogP contribution is -2.43. The maximum Gasteiger partial charge on any atom is 0.243 e. The summed E-state index contributed by atoms with van der Waals surface area (Å²) in [5.74, 6) is -0.0455. The molecule has 1 saturated heterocycles. The number of hydrogen-bond acceptors (Lipinski definition) is 5. The third-order valence-corrected chi connectivity index (χ3v) is 7.57. The van der Waals surface area contributed by atoms with Gasteiger partial charge in [0.25, 0.3) is 0 Å². The molecule has 1 aliphatic heterocycles. The fraction of sp³-hybridized carbons (Fsp3) is 0.476. The fourth-order valence-corrected chi connectivity index (χ4v) is 5.87. The van der Waals surface area contributed by atoms with Gasteiger partial charge in [-0.2, -0.15) is 4.31 Å². The van der Waals surface area contributed by atoms with E-state index in [9.17, 15) is 18.3 Å². The van der Waals surface area contributed by atoms with Crippen LogP contribution in [-0.2, 0) is 14.8 Å². The van der Waals surface area contributed by atoms with E-state index >= 15 is 0 Å². The van der Waals surface area contributed by atoms with Crippen LogP contribution in [0.3, 0.4) is 0 Å². The van der Waals surface area contributed by atoms with Crippen molar-refractivity contribution in [2.45, 2.75) is 44.6 Å². The SMILES string of the molecule is Cc1cc(C)c(S(=O)(=O)N2CCC(C(=O)NCC(O)c3ccco3)CC2)c(C)c1. The Morgan fingerprint density at radius 3 is 2.41 bits per heavy atom. The van der Waals surface area contributed by atoms with Crippen molar-refractivity contribution in [3.63, 3.8) is 0 Å². The predicted octanol–water partition coefficient (Wildman–Crippen LogP) is 2.46. The fourth-order valence-electron chi connectivity index (χ4n) is 3.98. The van der Waals surface area contributed by atoms with Gasteiger partial charge in [0.1, 0.15) is 11.9 Å². The number of piperidine rings is 1. The molecule has 0 spiro atoms. The standard InChI is InChI=1S/C21H28N2O5S/c1-14-11-15(2)20(16(3)12-14)29(26,27)23-8-6-17(7-9-23)21(25)22-13-18(24)19-5-4-10-28-19/h4-5,10-12,17-18,24H,6-9,13H2,1-3H3,(H,22,25). The van der Waals surface area contributed by atoms with E-state index in [0.717, 1.165) is 16.7 Å². The Morgan fingerprint density at radius 2 is 1.86 bits per heavy atom. The summed E-state index contributed by atoms with van der Waals surface area (Å²) in [6, 6.07) is 7.08. The molecule has 2 heterocycles. The van der Waals surface area contributed by atoms with E-state index in [0.29, 0.717) is 36.6 Å². The van der Waals surface area contributed by atoms with Crippen molar-refractivity contribution in [3.8, 4) is 0 Å². The minimum absolute atomic E-state index is 0.0621. The molecule has 1 amide bonds. The number of nitrogens with zero attached hydrogens (tertiary/aromatic N) is 1. The lowest BCUT2D eigenvalue weighted by Gasteiger charge is -2.31. The Hall–Kier alpha value is -2.16. The van der Waals surface area contributed by atoms with Gasteiger partial charge >= 0.3 is 0 Å². The largest absolute Gasteiger partial charge is 0.467 e. The summed E-state index contributed by atoms with van der Waals surface area (Å²) >= 11 is 0. The van der Waals surface area contributed by atoms with Gasteiger partial charge in [0.05, 0.1) is 17.7 Å². The van der Waals surface area contributed by atoms with E-state index in [1.165, 1.54) is 10.6 Å². The van der Waals surface area contributed by atoms with Gasteiger partial charge in [-0.25, -0.2) is 8.42 Å². The van der Waals surface area contributed by atoms with Gasteiger partial charge in [0.15, 0.2) is 0 Å². The van der Waals surface area contributed by atoms with Crippen molar-refractivity contribution in [3.05, 3.63) is 53.0 Å². The molecule has 0 aliphatic carbocycles. The molecule has 1 unspecified atom stereocenters. The summed E-state index contributed by atoms with van der Waals surface area (Å²) in [4.78, 5) is 12.8. The first-order valence-electron chi connectivity index (χ1n) is 9.77. The summed E-state index contributed by atoms with van der Waals surface area (Å²) < 4.78 is 32.9. The lowest BCUT2D eigenvalue weighted by molar-refractivity contribution is -0.126. The van der Waals surface area contributed by atoms with Gasteiger partial charge in [-0.15, -0.1) is 0 Å². The molecule has 7 nitrogen and oxygen atoms in total. The number of aliphatic hydroxyl groups excluding tert-OH is 1. The molecule has 0 bridgehead atoms. The van der Waals surface area contributed by atoms with Gasteiger partial charge in [-0.05, 0) is 56.9 Å². The van der Waals surface area contributed by atoms with Crippen LogP contribution in [0.4, 0.5) is 0 Å². The molecule has 0 radical (unpaired) electrons. The van der Waals surface area contributed by atoms with Gasteiger partial charge in [-0.1, -0.05) is 17.7 Å². The Labute approximate surface area is 171 Å². The zero-order valence-electron chi connectivity index (χ0n) is 17.0. The van der Waals surface area contributed by atoms with Gasteiger partial charge in [0, 0.05) is 19.0 Å². The summed E-state index contributed by atoms with van der Waals surface area (Å²) in [7, 11) is -3.60. The van der Waals surface area contributed by atoms with E-state index in [1.54, 1.807) is 12.1 Å². The number of sulfonamides is 1. The second-order valence-corrected chi connectivity index (χ2v) is 9.56. The molecule has 2 N–H and O–H groups in total. The van der Waals surface area contributed by atoms with E-state index in [-0.39, 0.29) is 18.4 Å². The highest BCUT2D eigenvalue weighted by Gasteiger charge is 2.33. The highest BCUT2D eigenvalue weighted by atomic mass is 32.2. The number of aliphatic hydroxyl groups is 1. The molecule has 1 aromatic heterocycles. The first-order chi connectivity index (χ1) is 13.7. The Bertz CT molecular complexity index is 938. The zero-order chi connectivity index (χ0) is 21.2. The summed E-state index contributed by atoms with van der Waals surface area (Å²) in [5, 5.41) is 12.7. The number of carbonyl (C=O) groups excluding carboxylic acids is 1. The Morgan fingerprint density at radius 1 is 1.24 bits per heavy atom. The molecule has 158 valence electrons.